The number of halogens is 1. The number of anilines is 1. The van der Waals surface area contributed by atoms with Gasteiger partial charge < -0.3 is 10.2 Å². The second kappa shape index (κ2) is 6.29. The Morgan fingerprint density at radius 2 is 2.47 bits per heavy atom. The fraction of sp³-hybridized carbons (Fsp3) is 0.583. The molecule has 0 aromatic carbocycles. The highest BCUT2D eigenvalue weighted by atomic mass is 79.9. The minimum atomic E-state index is -0.377. The van der Waals surface area contributed by atoms with Crippen LogP contribution in [-0.4, -0.2) is 35.6 Å². The number of rotatable bonds is 5. The van der Waals surface area contributed by atoms with Crippen molar-refractivity contribution in [2.24, 2.45) is 0 Å². The molecule has 1 aliphatic heterocycles. The lowest BCUT2D eigenvalue weighted by molar-refractivity contribution is -0.384. The Labute approximate surface area is 120 Å². The largest absolute Gasteiger partial charge is 0.350 e. The van der Waals surface area contributed by atoms with Crippen molar-refractivity contribution in [2.45, 2.75) is 25.8 Å². The van der Waals surface area contributed by atoms with Crippen molar-refractivity contribution in [3.05, 3.63) is 26.9 Å². The van der Waals surface area contributed by atoms with Gasteiger partial charge in [0.05, 0.1) is 4.92 Å². The summed E-state index contributed by atoms with van der Waals surface area (Å²) in [5.74, 6) is 0.449. The molecule has 0 radical (unpaired) electrons. The monoisotopic (exact) mass is 328 g/mol. The van der Waals surface area contributed by atoms with Crippen molar-refractivity contribution in [3.63, 3.8) is 0 Å². The molecule has 0 spiro atoms. The van der Waals surface area contributed by atoms with E-state index in [1.807, 2.05) is 11.8 Å². The molecule has 2 rings (SSSR count). The van der Waals surface area contributed by atoms with Crippen LogP contribution in [0.3, 0.4) is 0 Å². The minimum Gasteiger partial charge on any atom is -0.350 e. The van der Waals surface area contributed by atoms with Crippen molar-refractivity contribution in [3.8, 4) is 0 Å². The van der Waals surface area contributed by atoms with E-state index in [9.17, 15) is 10.1 Å². The van der Waals surface area contributed by atoms with Gasteiger partial charge in [-0.1, -0.05) is 0 Å². The van der Waals surface area contributed by atoms with Gasteiger partial charge in [0.25, 0.3) is 0 Å². The van der Waals surface area contributed by atoms with E-state index < -0.39 is 0 Å². The first-order valence-corrected chi connectivity index (χ1v) is 7.19. The van der Waals surface area contributed by atoms with E-state index in [1.165, 1.54) is 6.07 Å². The number of hydrogen-bond donors (Lipinski definition) is 1. The molecule has 1 atom stereocenters. The standard InChI is InChI=1S/C12H17BrN4O2/c1-2-16(8-10-4-3-5-14-10)12-11(17(18)19)6-9(13)7-15-12/h6-7,10,14H,2-5,8H2,1H3. The van der Waals surface area contributed by atoms with E-state index >= 15 is 0 Å². The van der Waals surface area contributed by atoms with Gasteiger partial charge in [-0.25, -0.2) is 4.98 Å². The lowest BCUT2D eigenvalue weighted by Gasteiger charge is -2.25. The SMILES string of the molecule is CCN(CC1CCCN1)c1ncc(Br)cc1[N+](=O)[O-]. The maximum absolute atomic E-state index is 11.1. The maximum atomic E-state index is 11.1. The Morgan fingerprint density at radius 1 is 1.68 bits per heavy atom. The molecule has 19 heavy (non-hydrogen) atoms. The van der Waals surface area contributed by atoms with Crippen LogP contribution in [0.15, 0.2) is 16.7 Å². The second-order valence-corrected chi connectivity index (χ2v) is 5.50. The molecule has 1 aromatic heterocycles. The third-order valence-corrected chi connectivity index (χ3v) is 3.73. The van der Waals surface area contributed by atoms with Crippen LogP contribution in [0.5, 0.6) is 0 Å². The van der Waals surface area contributed by atoms with Crippen LogP contribution in [0, 0.1) is 10.1 Å². The Balaban J connectivity index is 2.23. The van der Waals surface area contributed by atoms with E-state index in [0.29, 0.717) is 22.9 Å². The number of pyridine rings is 1. The summed E-state index contributed by atoms with van der Waals surface area (Å²) in [5, 5.41) is 14.5. The molecule has 6 nitrogen and oxygen atoms in total. The number of hydrogen-bond acceptors (Lipinski definition) is 5. The van der Waals surface area contributed by atoms with E-state index in [2.05, 4.69) is 26.2 Å². The first-order valence-electron chi connectivity index (χ1n) is 6.40. The summed E-state index contributed by atoms with van der Waals surface area (Å²) in [6.45, 7) is 4.47. The summed E-state index contributed by atoms with van der Waals surface area (Å²) in [5.41, 5.74) is 0.0502. The van der Waals surface area contributed by atoms with Crippen LogP contribution in [0.1, 0.15) is 19.8 Å². The summed E-state index contributed by atoms with van der Waals surface area (Å²) >= 11 is 3.23. The van der Waals surface area contributed by atoms with Crippen LogP contribution in [0.4, 0.5) is 11.5 Å². The zero-order chi connectivity index (χ0) is 13.8. The average molecular weight is 329 g/mol. The number of aromatic nitrogens is 1. The molecular weight excluding hydrogens is 312 g/mol. The quantitative estimate of drug-likeness (QED) is 0.663. The maximum Gasteiger partial charge on any atom is 0.312 e. The zero-order valence-corrected chi connectivity index (χ0v) is 12.4. The molecular formula is C12H17BrN4O2. The number of nitrogens with one attached hydrogen (secondary N) is 1. The molecule has 0 amide bonds. The van der Waals surface area contributed by atoms with Gasteiger partial charge in [-0.05, 0) is 42.2 Å². The van der Waals surface area contributed by atoms with E-state index in [4.69, 9.17) is 0 Å². The van der Waals surface area contributed by atoms with Crippen molar-refractivity contribution in [1.82, 2.24) is 10.3 Å². The normalized spacial score (nSPS) is 18.5. The molecule has 1 aromatic rings. The zero-order valence-electron chi connectivity index (χ0n) is 10.8. The van der Waals surface area contributed by atoms with Crippen LogP contribution < -0.4 is 10.2 Å². The van der Waals surface area contributed by atoms with Gasteiger partial charge >= 0.3 is 5.69 Å². The molecule has 2 heterocycles. The van der Waals surface area contributed by atoms with E-state index in [1.54, 1.807) is 6.20 Å². The van der Waals surface area contributed by atoms with Gasteiger partial charge in [-0.15, -0.1) is 0 Å². The first kappa shape index (κ1) is 14.2. The van der Waals surface area contributed by atoms with Crippen molar-refractivity contribution >= 4 is 27.4 Å². The van der Waals surface area contributed by atoms with Crippen LogP contribution >= 0.6 is 15.9 Å². The van der Waals surface area contributed by atoms with Crippen molar-refractivity contribution < 1.29 is 4.92 Å². The molecule has 1 N–H and O–H groups in total. The summed E-state index contributed by atoms with van der Waals surface area (Å²) in [4.78, 5) is 16.9. The molecule has 0 bridgehead atoms. The third-order valence-electron chi connectivity index (χ3n) is 3.29. The van der Waals surface area contributed by atoms with Gasteiger partial charge in [0.1, 0.15) is 0 Å². The smallest absolute Gasteiger partial charge is 0.312 e. The number of likely N-dealkylation sites (N-methyl/N-ethyl adjacent to an activating group) is 1. The Bertz CT molecular complexity index is 463. The Morgan fingerprint density at radius 3 is 3.05 bits per heavy atom. The molecule has 1 aliphatic rings. The molecule has 1 saturated heterocycles. The summed E-state index contributed by atoms with van der Waals surface area (Å²) in [6, 6.07) is 1.90. The van der Waals surface area contributed by atoms with Gasteiger partial charge in [-0.2, -0.15) is 0 Å². The highest BCUT2D eigenvalue weighted by molar-refractivity contribution is 9.10. The van der Waals surface area contributed by atoms with Crippen LogP contribution in [0.2, 0.25) is 0 Å². The van der Waals surface area contributed by atoms with Gasteiger partial charge in [0.2, 0.25) is 5.82 Å². The second-order valence-electron chi connectivity index (χ2n) is 4.59. The fourth-order valence-corrected chi connectivity index (χ4v) is 2.66. The minimum absolute atomic E-state index is 0.0502. The molecule has 1 fully saturated rings. The predicted molar refractivity (Wildman–Crippen MR) is 77.5 cm³/mol. The van der Waals surface area contributed by atoms with Crippen LogP contribution in [-0.2, 0) is 0 Å². The van der Waals surface area contributed by atoms with E-state index in [0.717, 1.165) is 25.9 Å². The Kier molecular flexibility index (Phi) is 4.71. The van der Waals surface area contributed by atoms with Crippen molar-refractivity contribution in [1.29, 1.82) is 0 Å². The third kappa shape index (κ3) is 3.42. The highest BCUT2D eigenvalue weighted by Gasteiger charge is 2.24. The van der Waals surface area contributed by atoms with Gasteiger partial charge in [0, 0.05) is 35.9 Å². The Hall–Kier alpha value is -1.21. The molecule has 7 heteroatoms. The lowest BCUT2D eigenvalue weighted by atomic mass is 10.2. The lowest BCUT2D eigenvalue weighted by Crippen LogP contribution is -2.38. The molecule has 0 aliphatic carbocycles. The van der Waals surface area contributed by atoms with Crippen LogP contribution in [0.25, 0.3) is 0 Å². The molecule has 104 valence electrons. The van der Waals surface area contributed by atoms with Gasteiger partial charge in [0.15, 0.2) is 0 Å². The average Bonchev–Trinajstić information content (AvgIpc) is 2.89. The van der Waals surface area contributed by atoms with Gasteiger partial charge in [-0.3, -0.25) is 10.1 Å². The predicted octanol–water partition coefficient (Wildman–Crippen LogP) is 2.33. The highest BCUT2D eigenvalue weighted by Crippen LogP contribution is 2.28. The molecule has 1 unspecified atom stereocenters. The number of nitro groups is 1. The first-order chi connectivity index (χ1) is 9.11. The summed E-state index contributed by atoms with van der Waals surface area (Å²) < 4.78 is 0.623. The summed E-state index contributed by atoms with van der Waals surface area (Å²) in [7, 11) is 0. The molecule has 0 saturated carbocycles. The number of nitrogens with zero attached hydrogens (tertiary/aromatic N) is 3. The van der Waals surface area contributed by atoms with E-state index in [-0.39, 0.29) is 10.6 Å². The van der Waals surface area contributed by atoms with Crippen molar-refractivity contribution in [2.75, 3.05) is 24.5 Å². The topological polar surface area (TPSA) is 71.3 Å². The fourth-order valence-electron chi connectivity index (χ4n) is 2.34. The summed E-state index contributed by atoms with van der Waals surface area (Å²) in [6.07, 6.45) is 3.88.